The molecule has 1 aliphatic rings. The minimum absolute atomic E-state index is 0.0376. The van der Waals surface area contributed by atoms with Gasteiger partial charge in [-0.1, -0.05) is 42.5 Å². The topological polar surface area (TPSA) is 64.6 Å². The average molecular weight is 401 g/mol. The van der Waals surface area contributed by atoms with E-state index >= 15 is 0 Å². The number of nitrogens with zero attached hydrogens (tertiary/aromatic N) is 1. The molecule has 2 aromatic carbocycles. The van der Waals surface area contributed by atoms with Crippen molar-refractivity contribution in [2.75, 3.05) is 11.4 Å². The van der Waals surface area contributed by atoms with Gasteiger partial charge in [0.1, 0.15) is 11.4 Å². The van der Waals surface area contributed by atoms with Gasteiger partial charge in [0.2, 0.25) is 0 Å². The van der Waals surface area contributed by atoms with Gasteiger partial charge in [-0.05, 0) is 56.9 Å². The van der Waals surface area contributed by atoms with Gasteiger partial charge in [0, 0.05) is 17.9 Å². The van der Waals surface area contributed by atoms with Crippen molar-refractivity contribution in [3.8, 4) is 0 Å². The van der Waals surface area contributed by atoms with E-state index in [4.69, 9.17) is 4.74 Å². The van der Waals surface area contributed by atoms with Crippen LogP contribution in [0, 0.1) is 0 Å². The molecule has 0 aliphatic carbocycles. The van der Waals surface area contributed by atoms with E-state index in [-0.39, 0.29) is 23.5 Å². The highest BCUT2D eigenvalue weighted by Gasteiger charge is 2.30. The Morgan fingerprint density at radius 2 is 1.96 bits per heavy atom. The van der Waals surface area contributed by atoms with Crippen molar-refractivity contribution in [1.82, 2.24) is 4.72 Å². The van der Waals surface area contributed by atoms with Crippen molar-refractivity contribution in [1.29, 1.82) is 0 Å². The Hall–Kier alpha value is -2.02. The van der Waals surface area contributed by atoms with Crippen molar-refractivity contribution in [3.05, 3.63) is 65.2 Å². The summed E-state index contributed by atoms with van der Waals surface area (Å²) in [6.45, 7) is 8.73. The van der Waals surface area contributed by atoms with E-state index < -0.39 is 11.4 Å². The van der Waals surface area contributed by atoms with E-state index in [0.717, 1.165) is 28.8 Å². The van der Waals surface area contributed by atoms with Crippen LogP contribution in [0.5, 0.6) is 0 Å². The number of benzene rings is 2. The number of carbonyl (C=O) groups is 1. The van der Waals surface area contributed by atoms with Crippen molar-refractivity contribution < 1.29 is 14.1 Å². The fourth-order valence-electron chi connectivity index (χ4n) is 3.08. The molecule has 0 saturated heterocycles. The van der Waals surface area contributed by atoms with Crippen LogP contribution in [0.3, 0.4) is 0 Å². The SMILES string of the molecule is C[C@@H](N[S@+]([O-])C(C)(C)C)c1ccc2c(c1)CCN2C(=O)OCc1ccccc1. The van der Waals surface area contributed by atoms with Crippen LogP contribution in [-0.2, 0) is 29.1 Å². The molecule has 150 valence electrons. The number of rotatable bonds is 5. The maximum absolute atomic E-state index is 12.5. The first kappa shape index (κ1) is 20.7. The van der Waals surface area contributed by atoms with E-state index in [0.29, 0.717) is 6.54 Å². The molecule has 1 heterocycles. The third-order valence-corrected chi connectivity index (χ3v) is 6.44. The smallest absolute Gasteiger partial charge is 0.414 e. The molecule has 0 unspecified atom stereocenters. The summed E-state index contributed by atoms with van der Waals surface area (Å²) in [7, 11) is 0. The summed E-state index contributed by atoms with van der Waals surface area (Å²) in [5.74, 6) is 0. The minimum Gasteiger partial charge on any atom is -0.598 e. The van der Waals surface area contributed by atoms with Gasteiger partial charge in [-0.3, -0.25) is 4.90 Å². The number of nitrogens with one attached hydrogen (secondary N) is 1. The summed E-state index contributed by atoms with van der Waals surface area (Å²) in [4.78, 5) is 14.2. The summed E-state index contributed by atoms with van der Waals surface area (Å²) in [5.41, 5.74) is 4.04. The van der Waals surface area contributed by atoms with E-state index in [9.17, 15) is 9.35 Å². The lowest BCUT2D eigenvalue weighted by atomic mass is 10.0. The molecule has 28 heavy (non-hydrogen) atoms. The fourth-order valence-corrected chi connectivity index (χ4v) is 3.89. The molecule has 2 atom stereocenters. The third-order valence-electron chi connectivity index (χ3n) is 4.76. The lowest BCUT2D eigenvalue weighted by Crippen LogP contribution is -2.40. The number of hydrogen-bond acceptors (Lipinski definition) is 4. The molecule has 5 nitrogen and oxygen atoms in total. The molecule has 0 radical (unpaired) electrons. The Bertz CT molecular complexity index is 820. The zero-order chi connectivity index (χ0) is 20.3. The van der Waals surface area contributed by atoms with Crippen LogP contribution in [-0.4, -0.2) is 21.9 Å². The number of anilines is 1. The summed E-state index contributed by atoms with van der Waals surface area (Å²) in [6, 6.07) is 15.7. The molecular weight excluding hydrogens is 372 g/mol. The Balaban J connectivity index is 1.64. The Morgan fingerprint density at radius 3 is 2.64 bits per heavy atom. The standard InChI is InChI=1S/C22H28N2O3S/c1-16(23-28(26)22(2,3)4)18-10-11-20-19(14-18)12-13-24(20)21(25)27-15-17-8-6-5-7-9-17/h5-11,14,16,23H,12-13,15H2,1-4H3/t16-,28-/m1/s1. The maximum Gasteiger partial charge on any atom is 0.414 e. The van der Waals surface area contributed by atoms with Crippen molar-refractivity contribution in [2.24, 2.45) is 0 Å². The van der Waals surface area contributed by atoms with Crippen LogP contribution in [0.15, 0.2) is 48.5 Å². The number of ether oxygens (including phenoxy) is 1. The lowest BCUT2D eigenvalue weighted by molar-refractivity contribution is 0.147. The average Bonchev–Trinajstić information content (AvgIpc) is 3.09. The summed E-state index contributed by atoms with van der Waals surface area (Å²) in [6.07, 6.45) is 0.467. The van der Waals surface area contributed by atoms with Crippen LogP contribution in [0.25, 0.3) is 0 Å². The van der Waals surface area contributed by atoms with Crippen LogP contribution in [0.1, 0.15) is 50.4 Å². The van der Waals surface area contributed by atoms with Crippen LogP contribution >= 0.6 is 0 Å². The first-order valence-corrected chi connectivity index (χ1v) is 10.7. The molecule has 0 aromatic heterocycles. The van der Waals surface area contributed by atoms with Gasteiger partial charge in [0.05, 0.1) is 11.7 Å². The monoisotopic (exact) mass is 400 g/mol. The predicted octanol–water partition coefficient (Wildman–Crippen LogP) is 4.50. The molecule has 0 bridgehead atoms. The van der Waals surface area contributed by atoms with E-state index in [1.807, 2.05) is 70.2 Å². The van der Waals surface area contributed by atoms with E-state index in [1.165, 1.54) is 0 Å². The largest absolute Gasteiger partial charge is 0.598 e. The highest BCUT2D eigenvalue weighted by atomic mass is 32.2. The maximum atomic E-state index is 12.5. The first-order valence-electron chi connectivity index (χ1n) is 9.55. The lowest BCUT2D eigenvalue weighted by Gasteiger charge is -2.26. The summed E-state index contributed by atoms with van der Waals surface area (Å²) in [5, 5.41) is 0. The third kappa shape index (κ3) is 4.87. The number of fused-ring (bicyclic) bond motifs is 1. The van der Waals surface area contributed by atoms with Gasteiger partial charge in [-0.25, -0.2) is 4.79 Å². The Kier molecular flexibility index (Phi) is 6.33. The van der Waals surface area contributed by atoms with E-state index in [1.54, 1.807) is 4.90 Å². The van der Waals surface area contributed by atoms with Crippen LogP contribution in [0.4, 0.5) is 10.5 Å². The number of carbonyl (C=O) groups excluding carboxylic acids is 1. The van der Waals surface area contributed by atoms with Crippen molar-refractivity contribution >= 4 is 23.1 Å². The highest BCUT2D eigenvalue weighted by Crippen LogP contribution is 2.31. The highest BCUT2D eigenvalue weighted by molar-refractivity contribution is 7.90. The molecule has 1 N–H and O–H groups in total. The van der Waals surface area contributed by atoms with Crippen molar-refractivity contribution in [2.45, 2.75) is 51.5 Å². The second kappa shape index (κ2) is 8.55. The molecule has 2 aromatic rings. The molecule has 6 heteroatoms. The van der Waals surface area contributed by atoms with Crippen LogP contribution < -0.4 is 9.62 Å². The van der Waals surface area contributed by atoms with Gasteiger partial charge in [0.25, 0.3) is 0 Å². The second-order valence-electron chi connectivity index (χ2n) is 8.05. The molecule has 0 saturated carbocycles. The zero-order valence-corrected chi connectivity index (χ0v) is 17.7. The molecule has 0 fully saturated rings. The van der Waals surface area contributed by atoms with E-state index in [2.05, 4.69) is 10.8 Å². The molecule has 1 aliphatic heterocycles. The quantitative estimate of drug-likeness (QED) is 0.751. The fraction of sp³-hybridized carbons (Fsp3) is 0.409. The van der Waals surface area contributed by atoms with Gasteiger partial charge in [0.15, 0.2) is 0 Å². The molecular formula is C22H28N2O3S. The van der Waals surface area contributed by atoms with Crippen molar-refractivity contribution in [3.63, 3.8) is 0 Å². The summed E-state index contributed by atoms with van der Waals surface area (Å²) >= 11 is -1.14. The molecule has 0 spiro atoms. The minimum atomic E-state index is -1.14. The van der Waals surface area contributed by atoms with Gasteiger partial charge in [-0.2, -0.15) is 0 Å². The van der Waals surface area contributed by atoms with Gasteiger partial charge < -0.3 is 9.29 Å². The molecule has 3 rings (SSSR count). The predicted molar refractivity (Wildman–Crippen MR) is 114 cm³/mol. The Labute approximate surface area is 170 Å². The summed E-state index contributed by atoms with van der Waals surface area (Å²) < 4.78 is 20.7. The van der Waals surface area contributed by atoms with Gasteiger partial charge >= 0.3 is 6.09 Å². The zero-order valence-electron chi connectivity index (χ0n) is 16.9. The molecule has 1 amide bonds. The number of amides is 1. The van der Waals surface area contributed by atoms with Crippen LogP contribution in [0.2, 0.25) is 0 Å². The number of hydrogen-bond donors (Lipinski definition) is 1. The van der Waals surface area contributed by atoms with Gasteiger partial charge in [-0.15, -0.1) is 4.72 Å². The second-order valence-corrected chi connectivity index (χ2v) is 10.0. The Morgan fingerprint density at radius 1 is 1.25 bits per heavy atom. The first-order chi connectivity index (χ1) is 13.3. The normalized spacial score (nSPS) is 15.8.